The molecule has 0 aromatic carbocycles. The first-order valence-electron chi connectivity index (χ1n) is 6.68. The average molecular weight is 278 g/mol. The van der Waals surface area contributed by atoms with E-state index in [1.165, 1.54) is 13.1 Å². The van der Waals surface area contributed by atoms with E-state index in [0.29, 0.717) is 30.8 Å². The summed E-state index contributed by atoms with van der Waals surface area (Å²) < 4.78 is 0. The van der Waals surface area contributed by atoms with Crippen molar-refractivity contribution in [3.63, 3.8) is 0 Å². The molecule has 0 bridgehead atoms. The average Bonchev–Trinajstić information content (AvgIpc) is 3.05. The van der Waals surface area contributed by atoms with Crippen molar-refractivity contribution in [3.8, 4) is 0 Å². The Morgan fingerprint density at radius 1 is 1.45 bits per heavy atom. The summed E-state index contributed by atoms with van der Waals surface area (Å²) in [7, 11) is 0. The van der Waals surface area contributed by atoms with Crippen molar-refractivity contribution < 1.29 is 19.5 Å². The largest absolute Gasteiger partial charge is 0.481 e. The second-order valence-electron chi connectivity index (χ2n) is 5.20. The van der Waals surface area contributed by atoms with Gasteiger partial charge in [-0.25, -0.2) is 0 Å². The highest BCUT2D eigenvalue weighted by Crippen LogP contribution is 2.22. The molecule has 1 unspecified atom stereocenters. The van der Waals surface area contributed by atoms with Gasteiger partial charge in [-0.1, -0.05) is 0 Å². The minimum atomic E-state index is -0.801. The standard InChI is InChI=1S/C14H18N2O4/c1-9(17)11-6-12(15-7-11)14(20)16-5-4-10(8-16)2-3-13(18)19/h6-7,10,15H,2-5,8H2,1H3,(H,18,19). The van der Waals surface area contributed by atoms with Crippen molar-refractivity contribution in [1.82, 2.24) is 9.88 Å². The fraction of sp³-hybridized carbons (Fsp3) is 0.500. The number of nitrogens with one attached hydrogen (secondary N) is 1. The third-order valence-corrected chi connectivity index (χ3v) is 3.66. The summed E-state index contributed by atoms with van der Waals surface area (Å²) in [6.07, 6.45) is 3.11. The van der Waals surface area contributed by atoms with Crippen molar-refractivity contribution in [2.75, 3.05) is 13.1 Å². The molecule has 1 aromatic heterocycles. The van der Waals surface area contributed by atoms with E-state index in [1.807, 2.05) is 0 Å². The number of ketones is 1. The van der Waals surface area contributed by atoms with Crippen LogP contribution in [0.5, 0.6) is 0 Å². The van der Waals surface area contributed by atoms with Crippen LogP contribution in [-0.4, -0.2) is 45.7 Å². The lowest BCUT2D eigenvalue weighted by Crippen LogP contribution is -2.29. The first kappa shape index (κ1) is 14.3. The maximum Gasteiger partial charge on any atom is 0.303 e. The maximum absolute atomic E-state index is 12.2. The molecule has 1 saturated heterocycles. The van der Waals surface area contributed by atoms with Gasteiger partial charge in [0, 0.05) is 31.3 Å². The summed E-state index contributed by atoms with van der Waals surface area (Å²) >= 11 is 0. The highest BCUT2D eigenvalue weighted by atomic mass is 16.4. The Balaban J connectivity index is 1.93. The molecule has 0 spiro atoms. The van der Waals surface area contributed by atoms with Gasteiger partial charge in [0.25, 0.3) is 5.91 Å². The molecule has 2 rings (SSSR count). The molecule has 6 nitrogen and oxygen atoms in total. The van der Waals surface area contributed by atoms with E-state index in [0.717, 1.165) is 6.42 Å². The van der Waals surface area contributed by atoms with E-state index in [2.05, 4.69) is 4.98 Å². The molecule has 1 amide bonds. The highest BCUT2D eigenvalue weighted by Gasteiger charge is 2.28. The van der Waals surface area contributed by atoms with Crippen LogP contribution in [0, 0.1) is 5.92 Å². The number of nitrogens with zero attached hydrogens (tertiary/aromatic N) is 1. The second-order valence-corrected chi connectivity index (χ2v) is 5.20. The Kier molecular flexibility index (Phi) is 4.22. The number of hydrogen-bond donors (Lipinski definition) is 2. The number of aromatic nitrogens is 1. The number of amides is 1. The monoisotopic (exact) mass is 278 g/mol. The van der Waals surface area contributed by atoms with Crippen LogP contribution in [0.2, 0.25) is 0 Å². The molecule has 1 aromatic rings. The molecule has 20 heavy (non-hydrogen) atoms. The van der Waals surface area contributed by atoms with E-state index < -0.39 is 5.97 Å². The summed E-state index contributed by atoms with van der Waals surface area (Å²) in [5.74, 6) is -0.765. The van der Waals surface area contributed by atoms with Crippen molar-refractivity contribution in [2.45, 2.75) is 26.2 Å². The smallest absolute Gasteiger partial charge is 0.303 e. The van der Waals surface area contributed by atoms with Crippen molar-refractivity contribution >= 4 is 17.7 Å². The van der Waals surface area contributed by atoms with Gasteiger partial charge in [-0.05, 0) is 31.7 Å². The summed E-state index contributed by atoms with van der Waals surface area (Å²) in [5, 5.41) is 8.66. The van der Waals surface area contributed by atoms with Crippen LogP contribution in [0.1, 0.15) is 47.0 Å². The fourth-order valence-corrected chi connectivity index (χ4v) is 2.47. The molecular weight excluding hydrogens is 260 g/mol. The molecule has 2 heterocycles. The lowest BCUT2D eigenvalue weighted by atomic mass is 10.0. The molecule has 0 saturated carbocycles. The van der Waals surface area contributed by atoms with Crippen LogP contribution in [0.15, 0.2) is 12.3 Å². The number of hydrogen-bond acceptors (Lipinski definition) is 3. The fourth-order valence-electron chi connectivity index (χ4n) is 2.47. The molecular formula is C14H18N2O4. The number of aliphatic carboxylic acids is 1. The first-order valence-corrected chi connectivity index (χ1v) is 6.68. The normalized spacial score (nSPS) is 18.2. The van der Waals surface area contributed by atoms with Gasteiger partial charge in [0.15, 0.2) is 5.78 Å². The zero-order valence-electron chi connectivity index (χ0n) is 11.4. The Morgan fingerprint density at radius 2 is 2.20 bits per heavy atom. The van der Waals surface area contributed by atoms with Crippen molar-refractivity contribution in [2.24, 2.45) is 5.92 Å². The van der Waals surface area contributed by atoms with E-state index in [4.69, 9.17) is 5.11 Å². The molecule has 2 N–H and O–H groups in total. The Hall–Kier alpha value is -2.11. The maximum atomic E-state index is 12.2. The third-order valence-electron chi connectivity index (χ3n) is 3.66. The van der Waals surface area contributed by atoms with Gasteiger partial charge in [0.05, 0.1) is 0 Å². The zero-order chi connectivity index (χ0) is 14.7. The van der Waals surface area contributed by atoms with Crippen molar-refractivity contribution in [1.29, 1.82) is 0 Å². The number of rotatable bonds is 5. The molecule has 1 aliphatic rings. The number of carbonyl (C=O) groups is 3. The number of carbonyl (C=O) groups excluding carboxylic acids is 2. The van der Waals surface area contributed by atoms with Gasteiger partial charge in [-0.15, -0.1) is 0 Å². The molecule has 1 aliphatic heterocycles. The molecule has 0 radical (unpaired) electrons. The summed E-state index contributed by atoms with van der Waals surface area (Å²) in [6.45, 7) is 2.67. The van der Waals surface area contributed by atoms with Crippen molar-refractivity contribution in [3.05, 3.63) is 23.5 Å². The molecule has 6 heteroatoms. The third kappa shape index (κ3) is 3.26. The van der Waals surface area contributed by atoms with Gasteiger partial charge < -0.3 is 15.0 Å². The summed E-state index contributed by atoms with van der Waals surface area (Å²) in [4.78, 5) is 38.5. The van der Waals surface area contributed by atoms with Crippen LogP contribution in [0.4, 0.5) is 0 Å². The minimum Gasteiger partial charge on any atom is -0.481 e. The second kappa shape index (κ2) is 5.90. The minimum absolute atomic E-state index is 0.0824. The molecule has 1 atom stereocenters. The predicted octanol–water partition coefficient (Wildman–Crippen LogP) is 1.54. The van der Waals surface area contributed by atoms with Crippen LogP contribution in [0.3, 0.4) is 0 Å². The number of carboxylic acids is 1. The number of likely N-dealkylation sites (tertiary alicyclic amines) is 1. The topological polar surface area (TPSA) is 90.5 Å². The molecule has 1 fully saturated rings. The lowest BCUT2D eigenvalue weighted by Gasteiger charge is -2.15. The van der Waals surface area contributed by atoms with E-state index in [1.54, 1.807) is 11.0 Å². The Bertz CT molecular complexity index is 535. The molecule has 0 aliphatic carbocycles. The van der Waals surface area contributed by atoms with Gasteiger partial charge in [-0.2, -0.15) is 0 Å². The Labute approximate surface area is 116 Å². The van der Waals surface area contributed by atoms with E-state index in [-0.39, 0.29) is 24.0 Å². The van der Waals surface area contributed by atoms with Crippen LogP contribution in [-0.2, 0) is 4.79 Å². The van der Waals surface area contributed by atoms with Gasteiger partial charge in [0.1, 0.15) is 5.69 Å². The summed E-state index contributed by atoms with van der Waals surface area (Å²) in [5.41, 5.74) is 0.907. The van der Waals surface area contributed by atoms with E-state index in [9.17, 15) is 14.4 Å². The number of aromatic amines is 1. The lowest BCUT2D eigenvalue weighted by molar-refractivity contribution is -0.137. The number of H-pyrrole nitrogens is 1. The zero-order valence-corrected chi connectivity index (χ0v) is 11.4. The van der Waals surface area contributed by atoms with Gasteiger partial charge in [-0.3, -0.25) is 14.4 Å². The Morgan fingerprint density at radius 3 is 2.80 bits per heavy atom. The SMILES string of the molecule is CC(=O)c1c[nH]c(C(=O)N2CCC(CCC(=O)O)C2)c1. The van der Waals surface area contributed by atoms with E-state index >= 15 is 0 Å². The van der Waals surface area contributed by atoms with Gasteiger partial charge >= 0.3 is 5.97 Å². The van der Waals surface area contributed by atoms with Crippen LogP contribution >= 0.6 is 0 Å². The molecule has 108 valence electrons. The number of Topliss-reactive ketones (excluding diaryl/α,β-unsaturated/α-hetero) is 1. The number of carboxylic acid groups (broad SMARTS) is 1. The van der Waals surface area contributed by atoms with Crippen LogP contribution < -0.4 is 0 Å². The summed E-state index contributed by atoms with van der Waals surface area (Å²) in [6, 6.07) is 1.56. The first-order chi connectivity index (χ1) is 9.47. The van der Waals surface area contributed by atoms with Gasteiger partial charge in [0.2, 0.25) is 0 Å². The predicted molar refractivity (Wildman–Crippen MR) is 71.7 cm³/mol. The quantitative estimate of drug-likeness (QED) is 0.799. The van der Waals surface area contributed by atoms with Crippen LogP contribution in [0.25, 0.3) is 0 Å². The highest BCUT2D eigenvalue weighted by molar-refractivity contribution is 5.99.